The highest BCUT2D eigenvalue weighted by atomic mass is 16.4. The van der Waals surface area contributed by atoms with Gasteiger partial charge in [0.1, 0.15) is 0 Å². The van der Waals surface area contributed by atoms with Gasteiger partial charge in [0, 0.05) is 0 Å². The van der Waals surface area contributed by atoms with Crippen LogP contribution in [0, 0.1) is 18.3 Å². The number of carbonyl (C=O) groups is 2. The van der Waals surface area contributed by atoms with Gasteiger partial charge in [-0.15, -0.1) is 0 Å². The molecule has 1 rings (SSSR count). The maximum Gasteiger partial charge on any atom is 0.310 e. The lowest BCUT2D eigenvalue weighted by Crippen LogP contribution is -2.35. The molecular weight excluding hydrogens is 280 g/mol. The number of carboxylic acids is 2. The van der Waals surface area contributed by atoms with Crippen molar-refractivity contribution >= 4 is 11.9 Å². The van der Waals surface area contributed by atoms with Crippen molar-refractivity contribution in [3.8, 4) is 0 Å². The Labute approximate surface area is 132 Å². The van der Waals surface area contributed by atoms with Gasteiger partial charge >= 0.3 is 11.9 Å². The molecule has 0 aliphatic carbocycles. The van der Waals surface area contributed by atoms with Crippen molar-refractivity contribution in [2.24, 2.45) is 11.3 Å². The molecule has 0 heterocycles. The van der Waals surface area contributed by atoms with Crippen molar-refractivity contribution in [3.05, 3.63) is 35.4 Å². The average Bonchev–Trinajstić information content (AvgIpc) is 2.39. The van der Waals surface area contributed by atoms with Crippen LogP contribution in [-0.2, 0) is 16.0 Å². The molecule has 1 aromatic carbocycles. The highest BCUT2D eigenvalue weighted by Gasteiger charge is 2.40. The molecule has 4 heteroatoms. The van der Waals surface area contributed by atoms with Crippen LogP contribution in [0.4, 0.5) is 0 Å². The van der Waals surface area contributed by atoms with Gasteiger partial charge in [-0.25, -0.2) is 0 Å². The number of benzene rings is 1. The molecule has 0 fully saturated rings. The maximum atomic E-state index is 11.7. The van der Waals surface area contributed by atoms with Gasteiger partial charge in [-0.3, -0.25) is 9.59 Å². The molecule has 22 heavy (non-hydrogen) atoms. The molecule has 0 saturated heterocycles. The van der Waals surface area contributed by atoms with Gasteiger partial charge in [-0.2, -0.15) is 0 Å². The topological polar surface area (TPSA) is 74.6 Å². The van der Waals surface area contributed by atoms with E-state index in [0.29, 0.717) is 19.3 Å². The summed E-state index contributed by atoms with van der Waals surface area (Å²) in [7, 11) is 0. The van der Waals surface area contributed by atoms with Gasteiger partial charge in [0.2, 0.25) is 0 Å². The molecule has 0 saturated carbocycles. The van der Waals surface area contributed by atoms with E-state index in [1.807, 2.05) is 45.0 Å². The van der Waals surface area contributed by atoms with Crippen LogP contribution in [0.5, 0.6) is 0 Å². The summed E-state index contributed by atoms with van der Waals surface area (Å²) in [5.41, 5.74) is 1.18. The zero-order chi connectivity index (χ0) is 16.8. The first-order chi connectivity index (χ1) is 10.2. The van der Waals surface area contributed by atoms with Crippen molar-refractivity contribution in [3.63, 3.8) is 0 Å². The Morgan fingerprint density at radius 3 is 2.18 bits per heavy atom. The van der Waals surface area contributed by atoms with Gasteiger partial charge in [-0.1, -0.05) is 43.7 Å². The first-order valence-corrected chi connectivity index (χ1v) is 7.76. The largest absolute Gasteiger partial charge is 0.481 e. The third-order valence-corrected chi connectivity index (χ3v) is 3.98. The van der Waals surface area contributed by atoms with Crippen LogP contribution >= 0.6 is 0 Å². The zero-order valence-electron chi connectivity index (χ0n) is 13.6. The Balaban J connectivity index is 2.76. The molecule has 1 atom stereocenters. The van der Waals surface area contributed by atoms with Crippen molar-refractivity contribution in [1.29, 1.82) is 0 Å². The molecular formula is C18H26O4. The summed E-state index contributed by atoms with van der Waals surface area (Å²) in [6, 6.07) is 8.14. The van der Waals surface area contributed by atoms with E-state index in [1.165, 1.54) is 5.56 Å². The summed E-state index contributed by atoms with van der Waals surface area (Å²) in [4.78, 5) is 22.8. The highest BCUT2D eigenvalue weighted by molar-refractivity contribution is 5.81. The van der Waals surface area contributed by atoms with Crippen molar-refractivity contribution < 1.29 is 19.8 Å². The molecule has 1 unspecified atom stereocenters. The molecule has 0 bridgehead atoms. The second-order valence-electron chi connectivity index (χ2n) is 6.59. The van der Waals surface area contributed by atoms with E-state index in [0.717, 1.165) is 12.0 Å². The summed E-state index contributed by atoms with van der Waals surface area (Å²) in [5.74, 6) is -1.89. The van der Waals surface area contributed by atoms with Gasteiger partial charge in [-0.05, 0) is 44.1 Å². The lowest BCUT2D eigenvalue weighted by molar-refractivity contribution is -0.157. The minimum atomic E-state index is -1.16. The first kappa shape index (κ1) is 18.2. The van der Waals surface area contributed by atoms with Crippen LogP contribution < -0.4 is 0 Å². The van der Waals surface area contributed by atoms with Crippen molar-refractivity contribution in [2.45, 2.75) is 52.9 Å². The fourth-order valence-electron chi connectivity index (χ4n) is 2.99. The molecule has 0 radical (unpaired) electrons. The van der Waals surface area contributed by atoms with Crippen molar-refractivity contribution in [2.75, 3.05) is 0 Å². The Bertz CT molecular complexity index is 504. The summed E-state index contributed by atoms with van der Waals surface area (Å²) in [6.07, 6.45) is 1.92. The smallest absolute Gasteiger partial charge is 0.310 e. The standard InChI is InChI=1S/C18H26O4/c1-13(2)11-18(17(21)22,12-16(19)20)10-4-5-15-8-6-14(3)7-9-15/h6-9,13H,4-5,10-12H2,1-3H3,(H,19,20)(H,21,22). The Morgan fingerprint density at radius 1 is 1.14 bits per heavy atom. The zero-order valence-corrected chi connectivity index (χ0v) is 13.6. The molecule has 4 nitrogen and oxygen atoms in total. The number of aryl methyl sites for hydroxylation is 2. The third kappa shape index (κ3) is 5.51. The number of carboxylic acid groups (broad SMARTS) is 2. The maximum absolute atomic E-state index is 11.7. The number of aliphatic carboxylic acids is 2. The minimum absolute atomic E-state index is 0.148. The van der Waals surface area contributed by atoms with Crippen LogP contribution in [0.25, 0.3) is 0 Å². The van der Waals surface area contributed by atoms with Crippen LogP contribution in [0.3, 0.4) is 0 Å². The molecule has 0 amide bonds. The van der Waals surface area contributed by atoms with E-state index >= 15 is 0 Å². The quantitative estimate of drug-likeness (QED) is 0.725. The van der Waals surface area contributed by atoms with Gasteiger partial charge < -0.3 is 10.2 Å². The van der Waals surface area contributed by atoms with E-state index in [1.54, 1.807) is 0 Å². The van der Waals surface area contributed by atoms with Crippen molar-refractivity contribution in [1.82, 2.24) is 0 Å². The predicted octanol–water partition coefficient (Wildman–Crippen LogP) is 3.91. The Hall–Kier alpha value is -1.84. The monoisotopic (exact) mass is 306 g/mol. The van der Waals surface area contributed by atoms with Crippen LogP contribution in [0.2, 0.25) is 0 Å². The second kappa shape index (κ2) is 7.97. The van der Waals surface area contributed by atoms with Crippen LogP contribution in [-0.4, -0.2) is 22.2 Å². The number of hydrogen-bond acceptors (Lipinski definition) is 2. The minimum Gasteiger partial charge on any atom is -0.481 e. The fourth-order valence-corrected chi connectivity index (χ4v) is 2.99. The fraction of sp³-hybridized carbons (Fsp3) is 0.556. The Kier molecular flexibility index (Phi) is 6.60. The highest BCUT2D eigenvalue weighted by Crippen LogP contribution is 2.36. The molecule has 1 aromatic rings. The Morgan fingerprint density at radius 2 is 1.73 bits per heavy atom. The molecule has 2 N–H and O–H groups in total. The molecule has 0 aliphatic heterocycles. The average molecular weight is 306 g/mol. The third-order valence-electron chi connectivity index (χ3n) is 3.98. The van der Waals surface area contributed by atoms with E-state index in [-0.39, 0.29) is 12.3 Å². The lowest BCUT2D eigenvalue weighted by atomic mass is 9.73. The summed E-state index contributed by atoms with van der Waals surface area (Å²) in [5, 5.41) is 18.7. The molecule has 0 aromatic heterocycles. The van der Waals surface area contributed by atoms with Gasteiger partial charge in [0.05, 0.1) is 11.8 Å². The van der Waals surface area contributed by atoms with Gasteiger partial charge in [0.25, 0.3) is 0 Å². The van der Waals surface area contributed by atoms with E-state index in [9.17, 15) is 14.7 Å². The number of hydrogen-bond donors (Lipinski definition) is 2. The SMILES string of the molecule is Cc1ccc(CCCC(CC(=O)O)(CC(C)C)C(=O)O)cc1. The molecule has 0 aliphatic rings. The normalized spacial score (nSPS) is 13.8. The molecule has 0 spiro atoms. The molecule has 122 valence electrons. The van der Waals surface area contributed by atoms with E-state index < -0.39 is 17.4 Å². The summed E-state index contributed by atoms with van der Waals surface area (Å²) in [6.45, 7) is 5.88. The predicted molar refractivity (Wildman–Crippen MR) is 85.9 cm³/mol. The lowest BCUT2D eigenvalue weighted by Gasteiger charge is -2.29. The van der Waals surface area contributed by atoms with Gasteiger partial charge in [0.15, 0.2) is 0 Å². The summed E-state index contributed by atoms with van der Waals surface area (Å²) >= 11 is 0. The summed E-state index contributed by atoms with van der Waals surface area (Å²) < 4.78 is 0. The number of rotatable bonds is 9. The second-order valence-corrected chi connectivity index (χ2v) is 6.59. The van der Waals surface area contributed by atoms with Crippen LogP contribution in [0.15, 0.2) is 24.3 Å². The first-order valence-electron chi connectivity index (χ1n) is 7.76. The van der Waals surface area contributed by atoms with Crippen LogP contribution in [0.1, 0.15) is 50.7 Å². The van der Waals surface area contributed by atoms with E-state index in [4.69, 9.17) is 5.11 Å². The van der Waals surface area contributed by atoms with E-state index in [2.05, 4.69) is 0 Å².